The van der Waals surface area contributed by atoms with Gasteiger partial charge >= 0.3 is 0 Å². The quantitative estimate of drug-likeness (QED) is 0.811. The number of benzene rings is 2. The number of amides is 1. The molecule has 142 valence electrons. The molecule has 1 amide bonds. The molecule has 1 fully saturated rings. The van der Waals surface area contributed by atoms with Gasteiger partial charge in [-0.25, -0.2) is 0 Å². The summed E-state index contributed by atoms with van der Waals surface area (Å²) in [6.07, 6.45) is 0.655. The van der Waals surface area contributed by atoms with Gasteiger partial charge in [0.05, 0.1) is 33.2 Å². The van der Waals surface area contributed by atoms with Crippen molar-refractivity contribution in [3.63, 3.8) is 0 Å². The van der Waals surface area contributed by atoms with Crippen molar-refractivity contribution in [3.8, 4) is 23.0 Å². The van der Waals surface area contributed by atoms with Gasteiger partial charge in [-0.3, -0.25) is 4.79 Å². The van der Waals surface area contributed by atoms with E-state index in [-0.39, 0.29) is 17.9 Å². The van der Waals surface area contributed by atoms with Crippen molar-refractivity contribution in [1.29, 1.82) is 0 Å². The van der Waals surface area contributed by atoms with E-state index in [1.165, 1.54) is 0 Å². The largest absolute Gasteiger partial charge is 0.493 e. The van der Waals surface area contributed by atoms with Crippen LogP contribution in [-0.2, 0) is 11.2 Å². The predicted molar refractivity (Wildman–Crippen MR) is 99.7 cm³/mol. The van der Waals surface area contributed by atoms with Gasteiger partial charge in [0.2, 0.25) is 5.91 Å². The Kier molecular flexibility index (Phi) is 4.79. The molecule has 0 saturated carbocycles. The number of likely N-dealkylation sites (tertiary alicyclic amines) is 1. The zero-order valence-corrected chi connectivity index (χ0v) is 15.5. The zero-order valence-electron chi connectivity index (χ0n) is 15.5. The van der Waals surface area contributed by atoms with Gasteiger partial charge in [-0.05, 0) is 30.2 Å². The maximum atomic E-state index is 12.8. The Morgan fingerprint density at radius 2 is 1.70 bits per heavy atom. The highest BCUT2D eigenvalue weighted by molar-refractivity contribution is 5.80. The third kappa shape index (κ3) is 3.39. The lowest BCUT2D eigenvalue weighted by molar-refractivity contribution is -0.145. The molecule has 6 nitrogen and oxygen atoms in total. The van der Waals surface area contributed by atoms with Gasteiger partial charge in [0.1, 0.15) is 12.7 Å². The van der Waals surface area contributed by atoms with E-state index in [0.717, 1.165) is 11.3 Å². The summed E-state index contributed by atoms with van der Waals surface area (Å²) in [5.74, 6) is 2.82. The van der Waals surface area contributed by atoms with Crippen molar-refractivity contribution in [1.82, 2.24) is 4.90 Å². The summed E-state index contributed by atoms with van der Waals surface area (Å²) < 4.78 is 22.4. The van der Waals surface area contributed by atoms with Crippen LogP contribution in [-0.4, -0.2) is 50.8 Å². The minimum Gasteiger partial charge on any atom is -0.493 e. The van der Waals surface area contributed by atoms with Gasteiger partial charge < -0.3 is 23.8 Å². The van der Waals surface area contributed by atoms with E-state index in [1.54, 1.807) is 14.2 Å². The molecule has 1 saturated heterocycles. The van der Waals surface area contributed by atoms with Crippen LogP contribution in [0.15, 0.2) is 42.5 Å². The van der Waals surface area contributed by atoms with Crippen LogP contribution in [0.2, 0.25) is 0 Å². The summed E-state index contributed by atoms with van der Waals surface area (Å²) in [5.41, 5.74) is 1.02. The number of ether oxygens (including phenoxy) is 4. The predicted octanol–water partition coefficient (Wildman–Crippen LogP) is 2.54. The Morgan fingerprint density at radius 1 is 1.00 bits per heavy atom. The van der Waals surface area contributed by atoms with Crippen molar-refractivity contribution in [2.45, 2.75) is 12.5 Å². The maximum Gasteiger partial charge on any atom is 0.229 e. The molecule has 2 aliphatic rings. The summed E-state index contributed by atoms with van der Waals surface area (Å²) in [6.45, 7) is 1.54. The molecule has 2 aromatic carbocycles. The summed E-state index contributed by atoms with van der Waals surface area (Å²) in [6, 6.07) is 13.3. The SMILES string of the molecule is COc1ccccc1OC1CN(C(=O)[C@H]2COc3c(cccc3OC)C2)C1. The van der Waals surface area contributed by atoms with Gasteiger partial charge in [-0.1, -0.05) is 24.3 Å². The first-order valence-corrected chi connectivity index (χ1v) is 9.06. The molecule has 0 spiro atoms. The number of carbonyl (C=O) groups excluding carboxylic acids is 1. The smallest absolute Gasteiger partial charge is 0.229 e. The van der Waals surface area contributed by atoms with Crippen molar-refractivity contribution in [3.05, 3.63) is 48.0 Å². The molecule has 0 aliphatic carbocycles. The molecule has 0 bridgehead atoms. The minimum atomic E-state index is -0.170. The molecular formula is C21H23NO5. The molecule has 0 N–H and O–H groups in total. The first-order chi connectivity index (χ1) is 13.2. The number of rotatable bonds is 5. The van der Waals surface area contributed by atoms with Crippen molar-refractivity contribution in [2.75, 3.05) is 33.9 Å². The monoisotopic (exact) mass is 369 g/mol. The fourth-order valence-electron chi connectivity index (χ4n) is 3.56. The van der Waals surface area contributed by atoms with Crippen LogP contribution in [0, 0.1) is 5.92 Å². The minimum absolute atomic E-state index is 0.0119. The fourth-order valence-corrected chi connectivity index (χ4v) is 3.56. The normalized spacial score (nSPS) is 18.7. The standard InChI is InChI=1S/C21H23NO5/c1-24-17-7-3-4-8-18(17)27-16-11-22(12-16)21(23)15-10-14-6-5-9-19(25-2)20(14)26-13-15/h3-9,15-16H,10-13H2,1-2H3/t15-/m1/s1. The molecular weight excluding hydrogens is 346 g/mol. The highest BCUT2D eigenvalue weighted by atomic mass is 16.5. The number of carbonyl (C=O) groups is 1. The Balaban J connectivity index is 1.34. The summed E-state index contributed by atoms with van der Waals surface area (Å²) in [4.78, 5) is 14.6. The first-order valence-electron chi connectivity index (χ1n) is 9.06. The maximum absolute atomic E-state index is 12.8. The lowest BCUT2D eigenvalue weighted by Crippen LogP contribution is -2.58. The number of para-hydroxylation sites is 3. The average molecular weight is 369 g/mol. The number of hydrogen-bond acceptors (Lipinski definition) is 5. The molecule has 0 aromatic heterocycles. The lowest BCUT2D eigenvalue weighted by Gasteiger charge is -2.41. The van der Waals surface area contributed by atoms with Crippen molar-refractivity contribution >= 4 is 5.91 Å². The van der Waals surface area contributed by atoms with Crippen molar-refractivity contribution in [2.24, 2.45) is 5.92 Å². The topological polar surface area (TPSA) is 57.2 Å². The lowest BCUT2D eigenvalue weighted by atomic mass is 9.94. The number of hydrogen-bond donors (Lipinski definition) is 0. The Labute approximate surface area is 158 Å². The summed E-state index contributed by atoms with van der Waals surface area (Å²) in [7, 11) is 3.24. The van der Waals surface area contributed by atoms with Crippen molar-refractivity contribution < 1.29 is 23.7 Å². The van der Waals surface area contributed by atoms with E-state index in [0.29, 0.717) is 43.4 Å². The molecule has 1 atom stereocenters. The van der Waals surface area contributed by atoms with Crippen LogP contribution in [0.5, 0.6) is 23.0 Å². The molecule has 4 rings (SSSR count). The highest BCUT2D eigenvalue weighted by Crippen LogP contribution is 2.37. The van der Waals surface area contributed by atoms with E-state index < -0.39 is 0 Å². The van der Waals surface area contributed by atoms with E-state index >= 15 is 0 Å². The van der Waals surface area contributed by atoms with E-state index in [1.807, 2.05) is 47.4 Å². The van der Waals surface area contributed by atoms with Gasteiger partial charge in [-0.15, -0.1) is 0 Å². The van der Waals surface area contributed by atoms with Gasteiger partial charge in [0.15, 0.2) is 23.0 Å². The zero-order chi connectivity index (χ0) is 18.8. The van der Waals surface area contributed by atoms with E-state index in [4.69, 9.17) is 18.9 Å². The third-order valence-corrected chi connectivity index (χ3v) is 5.05. The van der Waals surface area contributed by atoms with Crippen LogP contribution in [0.1, 0.15) is 5.56 Å². The second-order valence-corrected chi connectivity index (χ2v) is 6.79. The van der Waals surface area contributed by atoms with E-state index in [9.17, 15) is 4.79 Å². The van der Waals surface area contributed by atoms with Crippen LogP contribution in [0.4, 0.5) is 0 Å². The molecule has 6 heteroatoms. The highest BCUT2D eigenvalue weighted by Gasteiger charge is 2.38. The van der Waals surface area contributed by atoms with Crippen LogP contribution >= 0.6 is 0 Å². The summed E-state index contributed by atoms with van der Waals surface area (Å²) >= 11 is 0. The average Bonchev–Trinajstić information content (AvgIpc) is 2.69. The van der Waals surface area contributed by atoms with Gasteiger partial charge in [0.25, 0.3) is 0 Å². The molecule has 27 heavy (non-hydrogen) atoms. The second-order valence-electron chi connectivity index (χ2n) is 6.79. The number of fused-ring (bicyclic) bond motifs is 1. The van der Waals surface area contributed by atoms with Crippen LogP contribution in [0.25, 0.3) is 0 Å². The van der Waals surface area contributed by atoms with Gasteiger partial charge in [0, 0.05) is 0 Å². The Bertz CT molecular complexity index is 831. The number of methoxy groups -OCH3 is 2. The Hall–Kier alpha value is -2.89. The molecule has 0 radical (unpaired) electrons. The molecule has 2 aliphatic heterocycles. The van der Waals surface area contributed by atoms with E-state index in [2.05, 4.69) is 0 Å². The third-order valence-electron chi connectivity index (χ3n) is 5.05. The summed E-state index contributed by atoms with van der Waals surface area (Å²) in [5, 5.41) is 0. The second kappa shape index (κ2) is 7.39. The molecule has 2 aromatic rings. The Morgan fingerprint density at radius 3 is 2.44 bits per heavy atom. The fraction of sp³-hybridized carbons (Fsp3) is 0.381. The first kappa shape index (κ1) is 17.5. The van der Waals surface area contributed by atoms with Crippen LogP contribution < -0.4 is 18.9 Å². The van der Waals surface area contributed by atoms with Gasteiger partial charge in [-0.2, -0.15) is 0 Å². The number of nitrogens with zero attached hydrogens (tertiary/aromatic N) is 1. The molecule has 2 heterocycles. The van der Waals surface area contributed by atoms with Crippen LogP contribution in [0.3, 0.4) is 0 Å². The molecule has 0 unspecified atom stereocenters.